The second-order valence-corrected chi connectivity index (χ2v) is 6.35. The monoisotopic (exact) mass is 385 g/mol. The molecule has 0 spiro atoms. The normalized spacial score (nSPS) is 10.3. The number of anilines is 1. The molecule has 0 bridgehead atoms. The van der Waals surface area contributed by atoms with E-state index in [4.69, 9.17) is 24.4 Å². The molecule has 2 aromatic carbocycles. The molecule has 0 aliphatic heterocycles. The van der Waals surface area contributed by atoms with Crippen LogP contribution in [0.4, 0.5) is 11.4 Å². The minimum Gasteiger partial charge on any atom is -0.335 e. The zero-order valence-corrected chi connectivity index (χ0v) is 15.4. The molecule has 0 unspecified atom stereocenters. The number of aryl methyl sites for hydroxylation is 1. The number of non-ortho nitro benzene ring substituents is 1. The van der Waals surface area contributed by atoms with Crippen molar-refractivity contribution >= 4 is 40.9 Å². The molecule has 0 atom stereocenters. The highest BCUT2D eigenvalue weighted by molar-refractivity contribution is 7.80. The molecule has 1 aromatic heterocycles. The van der Waals surface area contributed by atoms with Crippen LogP contribution in [-0.2, 0) is 0 Å². The molecule has 0 amide bonds. The number of nitrogens with zero attached hydrogens (tertiary/aromatic N) is 2. The van der Waals surface area contributed by atoms with Crippen molar-refractivity contribution in [3.63, 3.8) is 0 Å². The van der Waals surface area contributed by atoms with Gasteiger partial charge >= 0.3 is 0 Å². The maximum atomic E-state index is 10.8. The molecular formula is C17H15N5O2S2. The number of nitrogens with one attached hydrogen (secondary N) is 3. The number of imidazole rings is 1. The van der Waals surface area contributed by atoms with E-state index in [9.17, 15) is 10.1 Å². The molecule has 132 valence electrons. The number of H-pyrrole nitrogens is 1. The van der Waals surface area contributed by atoms with Crippen molar-refractivity contribution in [2.24, 2.45) is 0 Å². The van der Waals surface area contributed by atoms with Crippen molar-refractivity contribution in [2.75, 3.05) is 10.7 Å². The Morgan fingerprint density at radius 2 is 1.81 bits per heavy atom. The maximum absolute atomic E-state index is 10.8. The third kappa shape index (κ3) is 3.95. The molecular weight excluding hydrogens is 370 g/mol. The summed E-state index contributed by atoms with van der Waals surface area (Å²) < 4.78 is 2.03. The molecule has 26 heavy (non-hydrogen) atoms. The largest absolute Gasteiger partial charge is 0.335 e. The lowest BCUT2D eigenvalue weighted by molar-refractivity contribution is -0.384. The topological polar surface area (TPSA) is 87.9 Å². The highest BCUT2D eigenvalue weighted by atomic mass is 32.1. The molecule has 0 aliphatic rings. The van der Waals surface area contributed by atoms with Crippen LogP contribution in [0.3, 0.4) is 0 Å². The number of nitro benzene ring substituents is 1. The lowest BCUT2D eigenvalue weighted by Gasteiger charge is -2.14. The van der Waals surface area contributed by atoms with Gasteiger partial charge in [0.05, 0.1) is 10.6 Å². The number of hydrogen-bond acceptors (Lipinski definition) is 4. The second-order valence-electron chi connectivity index (χ2n) is 5.55. The molecule has 9 heteroatoms. The molecule has 0 saturated carbocycles. The van der Waals surface area contributed by atoms with Crippen LogP contribution in [0.2, 0.25) is 0 Å². The maximum Gasteiger partial charge on any atom is 0.269 e. The Hall–Kier alpha value is -3.04. The number of benzene rings is 2. The van der Waals surface area contributed by atoms with E-state index < -0.39 is 4.92 Å². The van der Waals surface area contributed by atoms with Gasteiger partial charge in [-0.05, 0) is 55.6 Å². The van der Waals surface area contributed by atoms with E-state index in [1.165, 1.54) is 12.1 Å². The molecule has 0 aliphatic carbocycles. The fraction of sp³-hybridized carbons (Fsp3) is 0.0588. The van der Waals surface area contributed by atoms with Gasteiger partial charge in [-0.3, -0.25) is 15.5 Å². The van der Waals surface area contributed by atoms with Crippen LogP contribution in [0, 0.1) is 21.8 Å². The van der Waals surface area contributed by atoms with E-state index in [0.717, 1.165) is 16.8 Å². The standard InChI is InChI=1S/C17H15N5O2S2/c1-11-2-6-13(7-3-11)19-16(25)20-21-15(10-18-17(21)26)12-4-8-14(9-5-12)22(23)24/h2-10H,1H3,(H,18,26)(H2,19,20,25). The smallest absolute Gasteiger partial charge is 0.269 e. The lowest BCUT2D eigenvalue weighted by Crippen LogP contribution is -2.28. The van der Waals surface area contributed by atoms with Crippen molar-refractivity contribution in [3.05, 3.63) is 75.2 Å². The minimum atomic E-state index is -0.438. The highest BCUT2D eigenvalue weighted by Gasteiger charge is 2.11. The number of hydrogen-bond donors (Lipinski definition) is 3. The average molecular weight is 385 g/mol. The van der Waals surface area contributed by atoms with Gasteiger partial charge in [0.25, 0.3) is 5.69 Å². The minimum absolute atomic E-state index is 0.0268. The molecule has 7 nitrogen and oxygen atoms in total. The van der Waals surface area contributed by atoms with Gasteiger partial charge in [0.1, 0.15) is 0 Å². The van der Waals surface area contributed by atoms with Crippen LogP contribution < -0.4 is 10.7 Å². The summed E-state index contributed by atoms with van der Waals surface area (Å²) in [4.78, 5) is 13.3. The van der Waals surface area contributed by atoms with Gasteiger partial charge in [-0.25, -0.2) is 4.68 Å². The first kappa shape index (κ1) is 17.8. The van der Waals surface area contributed by atoms with Gasteiger partial charge in [0, 0.05) is 29.6 Å². The summed E-state index contributed by atoms with van der Waals surface area (Å²) in [6, 6.07) is 14.0. The van der Waals surface area contributed by atoms with E-state index in [-0.39, 0.29) is 5.69 Å². The molecule has 3 N–H and O–H groups in total. The third-order valence-corrected chi connectivity index (χ3v) is 4.17. The summed E-state index contributed by atoms with van der Waals surface area (Å²) >= 11 is 10.6. The summed E-state index contributed by atoms with van der Waals surface area (Å²) in [5.74, 6) is 0. The van der Waals surface area contributed by atoms with Crippen LogP contribution in [0.25, 0.3) is 11.3 Å². The highest BCUT2D eigenvalue weighted by Crippen LogP contribution is 2.22. The SMILES string of the molecule is Cc1ccc(NC(=S)Nn2c(-c3ccc([N+](=O)[O-])cc3)c[nH]c2=S)cc1. The first-order valence-electron chi connectivity index (χ1n) is 7.64. The summed E-state index contributed by atoms with van der Waals surface area (Å²) in [7, 11) is 0. The first-order chi connectivity index (χ1) is 12.4. The Balaban J connectivity index is 1.81. The van der Waals surface area contributed by atoms with Crippen LogP contribution in [-0.4, -0.2) is 19.7 Å². The summed E-state index contributed by atoms with van der Waals surface area (Å²) in [5.41, 5.74) is 6.53. The summed E-state index contributed by atoms with van der Waals surface area (Å²) in [6.07, 6.45) is 1.71. The number of nitro groups is 1. The van der Waals surface area contributed by atoms with Gasteiger partial charge < -0.3 is 10.3 Å². The van der Waals surface area contributed by atoms with Gasteiger partial charge in [0.15, 0.2) is 9.88 Å². The van der Waals surface area contributed by atoms with Crippen LogP contribution in [0.15, 0.2) is 54.7 Å². The first-order valence-corrected chi connectivity index (χ1v) is 8.45. The Labute approximate surface area is 159 Å². The third-order valence-electron chi connectivity index (χ3n) is 3.67. The zero-order valence-electron chi connectivity index (χ0n) is 13.7. The van der Waals surface area contributed by atoms with Crippen molar-refractivity contribution in [3.8, 4) is 11.3 Å². The van der Waals surface area contributed by atoms with Crippen molar-refractivity contribution in [1.82, 2.24) is 9.66 Å². The number of aromatic nitrogens is 2. The Bertz CT molecular complexity index is 1010. The number of rotatable bonds is 4. The predicted molar refractivity (Wildman–Crippen MR) is 108 cm³/mol. The van der Waals surface area contributed by atoms with Gasteiger partial charge in [-0.1, -0.05) is 17.7 Å². The van der Waals surface area contributed by atoms with Crippen LogP contribution in [0.5, 0.6) is 0 Å². The Morgan fingerprint density at radius 3 is 2.42 bits per heavy atom. The van der Waals surface area contributed by atoms with Crippen molar-refractivity contribution < 1.29 is 4.92 Å². The molecule has 0 radical (unpaired) electrons. The van der Waals surface area contributed by atoms with Gasteiger partial charge in [-0.15, -0.1) is 0 Å². The molecule has 0 fully saturated rings. The average Bonchev–Trinajstić information content (AvgIpc) is 2.97. The van der Waals surface area contributed by atoms with Crippen LogP contribution in [0.1, 0.15) is 5.56 Å². The molecule has 1 heterocycles. The number of thiocarbonyl (C=S) groups is 1. The predicted octanol–water partition coefficient (Wildman–Crippen LogP) is 4.37. The van der Waals surface area contributed by atoms with Crippen molar-refractivity contribution in [1.29, 1.82) is 0 Å². The summed E-state index contributed by atoms with van der Waals surface area (Å²) in [6.45, 7) is 2.01. The van der Waals surface area contributed by atoms with E-state index in [1.54, 1.807) is 23.0 Å². The second kappa shape index (κ2) is 7.46. The summed E-state index contributed by atoms with van der Waals surface area (Å²) in [5, 5.41) is 14.3. The zero-order chi connectivity index (χ0) is 18.7. The van der Waals surface area contributed by atoms with E-state index in [0.29, 0.717) is 15.6 Å². The van der Waals surface area contributed by atoms with E-state index >= 15 is 0 Å². The fourth-order valence-corrected chi connectivity index (χ4v) is 2.76. The number of aromatic amines is 1. The van der Waals surface area contributed by atoms with E-state index in [2.05, 4.69) is 15.7 Å². The fourth-order valence-electron chi connectivity index (χ4n) is 2.34. The lowest BCUT2D eigenvalue weighted by atomic mass is 10.1. The Kier molecular flexibility index (Phi) is 5.10. The Morgan fingerprint density at radius 1 is 1.15 bits per heavy atom. The quantitative estimate of drug-likeness (QED) is 0.351. The molecule has 3 rings (SSSR count). The van der Waals surface area contributed by atoms with Gasteiger partial charge in [-0.2, -0.15) is 0 Å². The van der Waals surface area contributed by atoms with Crippen LogP contribution >= 0.6 is 24.4 Å². The van der Waals surface area contributed by atoms with Crippen molar-refractivity contribution in [2.45, 2.75) is 6.92 Å². The molecule has 0 saturated heterocycles. The van der Waals surface area contributed by atoms with E-state index in [1.807, 2.05) is 31.2 Å². The van der Waals surface area contributed by atoms with Gasteiger partial charge in [0.2, 0.25) is 0 Å². The molecule has 3 aromatic rings.